The zero-order chi connectivity index (χ0) is 18.9. The topological polar surface area (TPSA) is 110 Å². The third-order valence-corrected chi connectivity index (χ3v) is 5.80. The van der Waals surface area contributed by atoms with Crippen molar-refractivity contribution in [2.45, 2.75) is 23.6 Å². The molecule has 1 unspecified atom stereocenters. The molecule has 0 spiro atoms. The lowest BCUT2D eigenvalue weighted by atomic mass is 10.1. The number of sulfonamides is 1. The maximum Gasteiger partial charge on any atom is 0.295 e. The third kappa shape index (κ3) is 3.74. The summed E-state index contributed by atoms with van der Waals surface area (Å²) in [5, 5.41) is 6.85. The van der Waals surface area contributed by atoms with Crippen LogP contribution in [0.15, 0.2) is 53.4 Å². The van der Waals surface area contributed by atoms with E-state index in [4.69, 9.17) is 5.14 Å². The number of amides is 2. The number of thioether (sulfide) groups is 1. The number of benzene rings is 2. The van der Waals surface area contributed by atoms with Crippen LogP contribution in [0.3, 0.4) is 0 Å². The Balaban J connectivity index is 1.76. The Bertz CT molecular complexity index is 941. The highest BCUT2D eigenvalue weighted by molar-refractivity contribution is 8.16. The summed E-state index contributed by atoms with van der Waals surface area (Å²) in [7, 11) is -3.78. The van der Waals surface area contributed by atoms with Crippen molar-refractivity contribution < 1.29 is 18.0 Å². The Labute approximate surface area is 155 Å². The summed E-state index contributed by atoms with van der Waals surface area (Å²) in [5.41, 5.74) is 2.16. The van der Waals surface area contributed by atoms with Gasteiger partial charge in [0.15, 0.2) is 5.37 Å². The van der Waals surface area contributed by atoms with Gasteiger partial charge in [0.2, 0.25) is 10.0 Å². The highest BCUT2D eigenvalue weighted by atomic mass is 32.2. The van der Waals surface area contributed by atoms with Crippen LogP contribution in [-0.4, -0.2) is 24.9 Å². The van der Waals surface area contributed by atoms with Gasteiger partial charge >= 0.3 is 0 Å². The number of imide groups is 1. The lowest BCUT2D eigenvalue weighted by Gasteiger charge is -2.15. The smallest absolute Gasteiger partial charge is 0.295 e. The van der Waals surface area contributed by atoms with Gasteiger partial charge in [0.25, 0.3) is 11.1 Å². The molecule has 0 saturated carbocycles. The fraction of sp³-hybridized carbons (Fsp3) is 0.176. The molecule has 26 heavy (non-hydrogen) atoms. The van der Waals surface area contributed by atoms with Crippen molar-refractivity contribution in [2.75, 3.05) is 10.2 Å². The highest BCUT2D eigenvalue weighted by Crippen LogP contribution is 2.32. The van der Waals surface area contributed by atoms with E-state index >= 15 is 0 Å². The van der Waals surface area contributed by atoms with E-state index in [0.717, 1.165) is 28.6 Å². The monoisotopic (exact) mass is 391 g/mol. The number of nitrogens with zero attached hydrogens (tertiary/aromatic N) is 1. The van der Waals surface area contributed by atoms with Gasteiger partial charge in [0.1, 0.15) is 0 Å². The minimum atomic E-state index is -3.78. The lowest BCUT2D eigenvalue weighted by molar-refractivity contribution is -0.116. The quantitative estimate of drug-likeness (QED) is 0.810. The summed E-state index contributed by atoms with van der Waals surface area (Å²) in [4.78, 5) is 26.0. The molecule has 1 atom stereocenters. The predicted molar refractivity (Wildman–Crippen MR) is 102 cm³/mol. The molecule has 2 aromatic carbocycles. The van der Waals surface area contributed by atoms with Crippen molar-refractivity contribution in [3.63, 3.8) is 0 Å². The summed E-state index contributed by atoms with van der Waals surface area (Å²) in [5.74, 6) is -0.375. The number of rotatable bonds is 5. The Morgan fingerprint density at radius 3 is 2.23 bits per heavy atom. The van der Waals surface area contributed by atoms with Crippen LogP contribution in [-0.2, 0) is 21.2 Å². The van der Waals surface area contributed by atoms with E-state index in [0.29, 0.717) is 11.4 Å². The largest absolute Gasteiger partial charge is 0.365 e. The van der Waals surface area contributed by atoms with Gasteiger partial charge in [0.05, 0.1) is 10.6 Å². The maximum atomic E-state index is 12.6. The zero-order valence-electron chi connectivity index (χ0n) is 13.9. The maximum absolute atomic E-state index is 12.6. The third-order valence-electron chi connectivity index (χ3n) is 3.93. The van der Waals surface area contributed by atoms with Crippen LogP contribution < -0.4 is 15.4 Å². The highest BCUT2D eigenvalue weighted by Gasteiger charge is 2.40. The van der Waals surface area contributed by atoms with Crippen molar-refractivity contribution in [2.24, 2.45) is 5.14 Å². The molecule has 1 heterocycles. The number of anilines is 2. The van der Waals surface area contributed by atoms with Gasteiger partial charge in [-0.3, -0.25) is 9.59 Å². The number of hydrogen-bond acceptors (Lipinski definition) is 6. The number of nitrogens with one attached hydrogen (secondary N) is 1. The molecule has 9 heteroatoms. The molecule has 2 aromatic rings. The van der Waals surface area contributed by atoms with E-state index in [9.17, 15) is 18.0 Å². The van der Waals surface area contributed by atoms with Crippen molar-refractivity contribution in [3.05, 3.63) is 54.1 Å². The van der Waals surface area contributed by atoms with Crippen molar-refractivity contribution in [1.29, 1.82) is 0 Å². The van der Waals surface area contributed by atoms with Crippen molar-refractivity contribution in [1.82, 2.24) is 0 Å². The molecular formula is C17H17N3O4S2. The second-order valence-electron chi connectivity index (χ2n) is 5.67. The average molecular weight is 391 g/mol. The number of nitrogens with two attached hydrogens (primary N) is 1. The Morgan fingerprint density at radius 2 is 1.69 bits per heavy atom. The van der Waals surface area contributed by atoms with Gasteiger partial charge in [0, 0.05) is 5.69 Å². The number of carbonyl (C=O) groups is 2. The van der Waals surface area contributed by atoms with Gasteiger partial charge in [-0.1, -0.05) is 19.1 Å². The van der Waals surface area contributed by atoms with Crippen LogP contribution in [0.4, 0.5) is 16.2 Å². The van der Waals surface area contributed by atoms with E-state index in [2.05, 4.69) is 5.32 Å². The first kappa shape index (κ1) is 18.4. The second kappa shape index (κ2) is 7.10. The summed E-state index contributed by atoms with van der Waals surface area (Å²) in [6, 6.07) is 12.9. The molecule has 3 rings (SSSR count). The van der Waals surface area contributed by atoms with Crippen LogP contribution in [0.2, 0.25) is 0 Å². The molecule has 136 valence electrons. The van der Waals surface area contributed by atoms with E-state index in [-0.39, 0.29) is 16.0 Å². The summed E-state index contributed by atoms with van der Waals surface area (Å²) >= 11 is 0.875. The predicted octanol–water partition coefficient (Wildman–Crippen LogP) is 2.53. The SMILES string of the molecule is CCc1ccc(N2C(=O)SC(Nc3ccc(S(N)(=O)=O)cc3)C2=O)cc1. The molecule has 1 aliphatic rings. The number of carbonyl (C=O) groups excluding carboxylic acids is 2. The lowest BCUT2D eigenvalue weighted by Crippen LogP contribution is -2.34. The van der Waals surface area contributed by atoms with Crippen LogP contribution in [0, 0.1) is 0 Å². The zero-order valence-corrected chi connectivity index (χ0v) is 15.5. The summed E-state index contributed by atoms with van der Waals surface area (Å²) in [6.07, 6.45) is 0.871. The molecule has 7 nitrogen and oxygen atoms in total. The fourth-order valence-electron chi connectivity index (χ4n) is 2.51. The van der Waals surface area contributed by atoms with Gasteiger partial charge < -0.3 is 5.32 Å². The van der Waals surface area contributed by atoms with Gasteiger partial charge in [-0.2, -0.15) is 0 Å². The standard InChI is InChI=1S/C17H17N3O4S2/c1-2-11-3-7-13(8-4-11)20-16(21)15(25-17(20)22)19-12-5-9-14(10-6-12)26(18,23)24/h3-10,15,19H,2H2,1H3,(H2,18,23,24). The number of hydrogen-bond donors (Lipinski definition) is 2. The first-order valence-electron chi connectivity index (χ1n) is 7.82. The minimum absolute atomic E-state index is 0.0258. The molecular weight excluding hydrogens is 374 g/mol. The number of aryl methyl sites for hydroxylation is 1. The fourth-order valence-corrected chi connectivity index (χ4v) is 3.93. The Kier molecular flexibility index (Phi) is 5.03. The first-order chi connectivity index (χ1) is 12.3. The summed E-state index contributed by atoms with van der Waals surface area (Å²) in [6.45, 7) is 2.03. The molecule has 0 aliphatic carbocycles. The van der Waals surface area contributed by atoms with Gasteiger partial charge in [-0.05, 0) is 60.1 Å². The average Bonchev–Trinajstić information content (AvgIpc) is 2.88. The second-order valence-corrected chi connectivity index (χ2v) is 8.29. The van der Waals surface area contributed by atoms with E-state index < -0.39 is 15.4 Å². The molecule has 1 aliphatic heterocycles. The molecule has 0 radical (unpaired) electrons. The molecule has 1 fully saturated rings. The Hall–Kier alpha value is -2.36. The van der Waals surface area contributed by atoms with Gasteiger partial charge in [-0.25, -0.2) is 18.5 Å². The molecule has 1 saturated heterocycles. The molecule has 2 amide bonds. The Morgan fingerprint density at radius 1 is 1.08 bits per heavy atom. The molecule has 3 N–H and O–H groups in total. The van der Waals surface area contributed by atoms with Crippen LogP contribution in [0.5, 0.6) is 0 Å². The molecule has 0 aromatic heterocycles. The summed E-state index contributed by atoms with van der Waals surface area (Å²) < 4.78 is 22.6. The van der Waals surface area contributed by atoms with E-state index in [1.807, 2.05) is 19.1 Å². The first-order valence-corrected chi connectivity index (χ1v) is 10.2. The minimum Gasteiger partial charge on any atom is -0.365 e. The number of primary sulfonamides is 1. The van der Waals surface area contributed by atoms with E-state index in [1.54, 1.807) is 12.1 Å². The van der Waals surface area contributed by atoms with Crippen LogP contribution in [0.25, 0.3) is 0 Å². The van der Waals surface area contributed by atoms with Crippen LogP contribution in [0.1, 0.15) is 12.5 Å². The normalized spacial score (nSPS) is 17.6. The van der Waals surface area contributed by atoms with Crippen molar-refractivity contribution >= 4 is 44.3 Å². The molecule has 0 bridgehead atoms. The van der Waals surface area contributed by atoms with Crippen molar-refractivity contribution in [3.8, 4) is 0 Å². The van der Waals surface area contributed by atoms with E-state index in [1.165, 1.54) is 24.3 Å². The van der Waals surface area contributed by atoms with Crippen LogP contribution >= 0.6 is 11.8 Å². The van der Waals surface area contributed by atoms with Gasteiger partial charge in [-0.15, -0.1) is 0 Å².